The SMILES string of the molecule is Nc1ncnc2c1N[C@@H]1[C@@H](O)[C@H]3O[C@H](C[C@@H]3O)N21. The number of aromatic nitrogens is 2. The standard InChI is InChI=1S/C10H13N5O3/c11-8-5-9(13-2-12-8)15-4-1-3(16)7(18-4)6(17)10(15)14-5/h2-4,6-7,10,14,16-17H,1H2,(H2,11,12,13)/t3-,4+,6-,7-,10-/m0/s1. The van der Waals surface area contributed by atoms with Gasteiger partial charge in [0, 0.05) is 6.42 Å². The third-order valence-electron chi connectivity index (χ3n) is 3.80. The molecule has 3 aliphatic rings. The lowest BCUT2D eigenvalue weighted by Crippen LogP contribution is -2.58. The van der Waals surface area contributed by atoms with E-state index in [4.69, 9.17) is 10.5 Å². The van der Waals surface area contributed by atoms with E-state index >= 15 is 0 Å². The molecular formula is C10H13N5O3. The van der Waals surface area contributed by atoms with Crippen molar-refractivity contribution in [3.8, 4) is 0 Å². The highest BCUT2D eigenvalue weighted by atomic mass is 16.6. The molecule has 2 saturated heterocycles. The van der Waals surface area contributed by atoms with Gasteiger partial charge in [-0.25, -0.2) is 9.97 Å². The lowest BCUT2D eigenvalue weighted by Gasteiger charge is -2.39. The predicted octanol–water partition coefficient (Wildman–Crippen LogP) is -1.53. The average molecular weight is 251 g/mol. The molecule has 4 rings (SSSR count). The van der Waals surface area contributed by atoms with E-state index in [-0.39, 0.29) is 12.4 Å². The van der Waals surface area contributed by atoms with Crippen LogP contribution in [-0.2, 0) is 4.74 Å². The lowest BCUT2D eigenvalue weighted by molar-refractivity contribution is -0.1000. The van der Waals surface area contributed by atoms with Crippen LogP contribution in [0.25, 0.3) is 0 Å². The second-order valence-corrected chi connectivity index (χ2v) is 4.80. The molecule has 0 radical (unpaired) electrons. The van der Waals surface area contributed by atoms with Crippen molar-refractivity contribution < 1.29 is 14.9 Å². The number of nitrogens with one attached hydrogen (secondary N) is 1. The first-order chi connectivity index (χ1) is 8.66. The van der Waals surface area contributed by atoms with Crippen LogP contribution in [0.3, 0.4) is 0 Å². The van der Waals surface area contributed by atoms with Crippen molar-refractivity contribution in [2.24, 2.45) is 0 Å². The molecule has 3 aliphatic heterocycles. The van der Waals surface area contributed by atoms with E-state index in [1.54, 1.807) is 0 Å². The highest BCUT2D eigenvalue weighted by molar-refractivity contribution is 5.81. The van der Waals surface area contributed by atoms with Crippen LogP contribution in [0.4, 0.5) is 17.3 Å². The number of anilines is 3. The second-order valence-electron chi connectivity index (χ2n) is 4.80. The van der Waals surface area contributed by atoms with Gasteiger partial charge in [-0.05, 0) is 0 Å². The molecule has 5 N–H and O–H groups in total. The molecule has 0 amide bonds. The molecule has 1 aromatic heterocycles. The summed E-state index contributed by atoms with van der Waals surface area (Å²) >= 11 is 0. The van der Waals surface area contributed by atoms with E-state index < -0.39 is 18.3 Å². The molecule has 0 spiro atoms. The number of aliphatic hydroxyl groups is 2. The summed E-state index contributed by atoms with van der Waals surface area (Å²) in [4.78, 5) is 9.92. The molecule has 2 fully saturated rings. The monoisotopic (exact) mass is 251 g/mol. The maximum atomic E-state index is 10.2. The number of nitrogens with zero attached hydrogens (tertiary/aromatic N) is 3. The molecule has 4 heterocycles. The third-order valence-corrected chi connectivity index (χ3v) is 3.80. The van der Waals surface area contributed by atoms with Crippen LogP contribution >= 0.6 is 0 Å². The summed E-state index contributed by atoms with van der Waals surface area (Å²) in [6.45, 7) is 0. The van der Waals surface area contributed by atoms with Crippen molar-refractivity contribution >= 4 is 17.3 Å². The number of nitrogens with two attached hydrogens (primary N) is 1. The quantitative estimate of drug-likeness (QED) is 0.438. The molecule has 8 nitrogen and oxygen atoms in total. The number of aliphatic hydroxyl groups excluding tert-OH is 2. The van der Waals surface area contributed by atoms with E-state index in [9.17, 15) is 10.2 Å². The van der Waals surface area contributed by atoms with Gasteiger partial charge >= 0.3 is 0 Å². The molecule has 0 aliphatic carbocycles. The van der Waals surface area contributed by atoms with Gasteiger partial charge < -0.3 is 30.9 Å². The van der Waals surface area contributed by atoms with Crippen molar-refractivity contribution in [3.63, 3.8) is 0 Å². The van der Waals surface area contributed by atoms with Crippen LogP contribution < -0.4 is 16.0 Å². The number of fused-ring (bicyclic) bond motifs is 6. The van der Waals surface area contributed by atoms with Gasteiger partial charge in [0.05, 0.1) is 6.10 Å². The zero-order chi connectivity index (χ0) is 12.4. The van der Waals surface area contributed by atoms with E-state index in [1.807, 2.05) is 4.90 Å². The summed E-state index contributed by atoms with van der Waals surface area (Å²) in [6.07, 6.45) is -0.897. The summed E-state index contributed by atoms with van der Waals surface area (Å²) in [5.74, 6) is 0.960. The van der Waals surface area contributed by atoms with E-state index in [2.05, 4.69) is 15.3 Å². The zero-order valence-electron chi connectivity index (χ0n) is 9.39. The molecule has 0 aromatic carbocycles. The summed E-state index contributed by atoms with van der Waals surface area (Å²) in [5, 5.41) is 23.2. The van der Waals surface area contributed by atoms with E-state index in [1.165, 1.54) is 6.33 Å². The fourth-order valence-corrected chi connectivity index (χ4v) is 2.97. The van der Waals surface area contributed by atoms with Crippen LogP contribution in [0.15, 0.2) is 6.33 Å². The predicted molar refractivity (Wildman–Crippen MR) is 61.6 cm³/mol. The van der Waals surface area contributed by atoms with Crippen molar-refractivity contribution in [1.29, 1.82) is 0 Å². The Bertz CT molecular complexity index is 512. The minimum atomic E-state index is -0.840. The average Bonchev–Trinajstić information content (AvgIpc) is 2.88. The molecule has 2 bridgehead atoms. The van der Waals surface area contributed by atoms with Crippen LogP contribution in [0, 0.1) is 0 Å². The van der Waals surface area contributed by atoms with Crippen molar-refractivity contribution in [3.05, 3.63) is 6.33 Å². The van der Waals surface area contributed by atoms with Gasteiger partial charge in [-0.15, -0.1) is 0 Å². The fourth-order valence-electron chi connectivity index (χ4n) is 2.97. The topological polar surface area (TPSA) is 117 Å². The van der Waals surface area contributed by atoms with Gasteiger partial charge in [0.2, 0.25) is 0 Å². The van der Waals surface area contributed by atoms with Crippen molar-refractivity contribution in [2.45, 2.75) is 37.1 Å². The van der Waals surface area contributed by atoms with Gasteiger partial charge in [-0.3, -0.25) is 0 Å². The summed E-state index contributed by atoms with van der Waals surface area (Å²) in [6, 6.07) is 0. The van der Waals surface area contributed by atoms with Crippen LogP contribution in [-0.4, -0.2) is 50.9 Å². The van der Waals surface area contributed by atoms with E-state index in [0.717, 1.165) is 0 Å². The minimum Gasteiger partial charge on any atom is -0.390 e. The Balaban J connectivity index is 1.82. The lowest BCUT2D eigenvalue weighted by atomic mass is 10.1. The second kappa shape index (κ2) is 3.22. The van der Waals surface area contributed by atoms with Gasteiger partial charge in [0.15, 0.2) is 11.6 Å². The highest BCUT2D eigenvalue weighted by Crippen LogP contribution is 2.45. The molecule has 0 saturated carbocycles. The Morgan fingerprint density at radius 3 is 3.11 bits per heavy atom. The van der Waals surface area contributed by atoms with Gasteiger partial charge in [0.1, 0.15) is 36.6 Å². The normalized spacial score (nSPS) is 40.3. The first-order valence-electron chi connectivity index (χ1n) is 5.84. The fraction of sp³-hybridized carbons (Fsp3) is 0.600. The number of ether oxygens (including phenoxy) is 1. The molecule has 5 atom stereocenters. The van der Waals surface area contributed by atoms with Gasteiger partial charge in [-0.2, -0.15) is 0 Å². The molecule has 1 aromatic rings. The maximum Gasteiger partial charge on any atom is 0.161 e. The number of hydrogen-bond acceptors (Lipinski definition) is 8. The first-order valence-corrected chi connectivity index (χ1v) is 5.84. The zero-order valence-corrected chi connectivity index (χ0v) is 9.39. The van der Waals surface area contributed by atoms with E-state index in [0.29, 0.717) is 23.7 Å². The van der Waals surface area contributed by atoms with Crippen LogP contribution in [0.5, 0.6) is 0 Å². The van der Waals surface area contributed by atoms with Crippen molar-refractivity contribution in [2.75, 3.05) is 16.0 Å². The summed E-state index contributed by atoms with van der Waals surface area (Å²) < 4.78 is 5.62. The summed E-state index contributed by atoms with van der Waals surface area (Å²) in [7, 11) is 0. The number of hydrogen-bond donors (Lipinski definition) is 4. The highest BCUT2D eigenvalue weighted by Gasteiger charge is 2.55. The first kappa shape index (κ1) is 10.3. The number of nitrogen functional groups attached to an aromatic ring is 1. The third kappa shape index (κ3) is 1.10. The minimum absolute atomic E-state index is 0.290. The summed E-state index contributed by atoms with van der Waals surface area (Å²) in [5.41, 5.74) is 6.40. The Morgan fingerprint density at radius 1 is 1.44 bits per heavy atom. The van der Waals surface area contributed by atoms with Crippen molar-refractivity contribution in [1.82, 2.24) is 9.97 Å². The molecule has 96 valence electrons. The largest absolute Gasteiger partial charge is 0.390 e. The molecule has 0 unspecified atom stereocenters. The Hall–Kier alpha value is -1.64. The van der Waals surface area contributed by atoms with Gasteiger partial charge in [0.25, 0.3) is 0 Å². The Morgan fingerprint density at radius 2 is 2.28 bits per heavy atom. The maximum absolute atomic E-state index is 10.2. The molecule has 8 heteroatoms. The van der Waals surface area contributed by atoms with Crippen LogP contribution in [0.2, 0.25) is 0 Å². The number of rotatable bonds is 0. The van der Waals surface area contributed by atoms with Crippen LogP contribution in [0.1, 0.15) is 6.42 Å². The Labute approximate surface area is 102 Å². The Kier molecular flexibility index (Phi) is 1.84. The smallest absolute Gasteiger partial charge is 0.161 e. The molecule has 18 heavy (non-hydrogen) atoms. The molecular weight excluding hydrogens is 238 g/mol. The van der Waals surface area contributed by atoms with Gasteiger partial charge in [-0.1, -0.05) is 0 Å².